The van der Waals surface area contributed by atoms with Crippen molar-refractivity contribution in [2.24, 2.45) is 0 Å². The van der Waals surface area contributed by atoms with Crippen molar-refractivity contribution in [1.29, 1.82) is 0 Å². The topological polar surface area (TPSA) is 64.2 Å². The van der Waals surface area contributed by atoms with Crippen LogP contribution in [0.25, 0.3) is 0 Å². The van der Waals surface area contributed by atoms with E-state index in [0.29, 0.717) is 30.5 Å². The van der Waals surface area contributed by atoms with Crippen LogP contribution in [0.15, 0.2) is 79.1 Å². The van der Waals surface area contributed by atoms with Gasteiger partial charge in [-0.15, -0.1) is 0 Å². The van der Waals surface area contributed by atoms with Crippen molar-refractivity contribution in [3.63, 3.8) is 0 Å². The van der Waals surface area contributed by atoms with Crippen LogP contribution in [-0.4, -0.2) is 15.8 Å². The Kier molecular flexibility index (Phi) is 6.64. The number of hydrogen-bond donors (Lipinski definition) is 1. The molecule has 1 aliphatic carbocycles. The molecular formula is C31H32N2O3. The van der Waals surface area contributed by atoms with E-state index in [1.54, 1.807) is 12.4 Å². The summed E-state index contributed by atoms with van der Waals surface area (Å²) in [5.41, 5.74) is 4.01. The highest BCUT2D eigenvalue weighted by atomic mass is 16.5. The Morgan fingerprint density at radius 1 is 0.972 bits per heavy atom. The van der Waals surface area contributed by atoms with Crippen molar-refractivity contribution in [2.75, 3.05) is 0 Å². The summed E-state index contributed by atoms with van der Waals surface area (Å²) < 4.78 is 13.3. The van der Waals surface area contributed by atoms with Gasteiger partial charge in [0, 0.05) is 35.5 Å². The minimum Gasteiger partial charge on any atom is -0.488 e. The van der Waals surface area contributed by atoms with E-state index in [1.165, 1.54) is 0 Å². The summed E-state index contributed by atoms with van der Waals surface area (Å²) >= 11 is 0. The van der Waals surface area contributed by atoms with Gasteiger partial charge in [-0.25, -0.2) is 4.98 Å². The van der Waals surface area contributed by atoms with Crippen molar-refractivity contribution < 1.29 is 14.3 Å². The zero-order chi connectivity index (χ0) is 25.1. The number of carbonyl (C=O) groups is 1. The molecule has 1 atom stereocenters. The number of benzene rings is 3. The maximum atomic E-state index is 12.8. The Morgan fingerprint density at radius 3 is 2.50 bits per heavy atom. The minimum absolute atomic E-state index is 0.184. The summed E-state index contributed by atoms with van der Waals surface area (Å²) in [6.07, 6.45) is 5.78. The molecule has 1 heterocycles. The normalized spacial score (nSPS) is 14.8. The van der Waals surface area contributed by atoms with E-state index in [0.717, 1.165) is 46.4 Å². The molecule has 0 unspecified atom stereocenters. The fraction of sp³-hybridized carbons (Fsp3) is 0.290. The van der Waals surface area contributed by atoms with Crippen LogP contribution in [-0.2, 0) is 18.6 Å². The van der Waals surface area contributed by atoms with Gasteiger partial charge in [-0.2, -0.15) is 0 Å². The number of Topliss-reactive ketones (excluding diaryl/α,β-unsaturated/α-hetero) is 1. The maximum absolute atomic E-state index is 12.8. The molecular weight excluding hydrogens is 448 g/mol. The van der Waals surface area contributed by atoms with E-state index >= 15 is 0 Å². The Morgan fingerprint density at radius 2 is 1.75 bits per heavy atom. The second-order valence-electron chi connectivity index (χ2n) is 9.77. The molecule has 1 aliphatic rings. The van der Waals surface area contributed by atoms with Crippen LogP contribution in [0.1, 0.15) is 78.0 Å². The van der Waals surface area contributed by atoms with Gasteiger partial charge in [-0.1, -0.05) is 62.4 Å². The molecule has 5 heteroatoms. The molecule has 0 saturated carbocycles. The molecule has 1 N–H and O–H groups in total. The van der Waals surface area contributed by atoms with Crippen LogP contribution in [0.2, 0.25) is 0 Å². The first-order valence-electron chi connectivity index (χ1n) is 12.6. The average molecular weight is 481 g/mol. The fourth-order valence-electron chi connectivity index (χ4n) is 5.02. The number of para-hydroxylation sites is 1. The van der Waals surface area contributed by atoms with Gasteiger partial charge in [-0.3, -0.25) is 4.79 Å². The number of nitrogens with zero attached hydrogens (tertiary/aromatic N) is 1. The van der Waals surface area contributed by atoms with Crippen molar-refractivity contribution in [3.05, 3.63) is 113 Å². The molecule has 5 rings (SSSR count). The second kappa shape index (κ2) is 10.0. The zero-order valence-electron chi connectivity index (χ0n) is 21.1. The number of aromatic amines is 1. The Bertz CT molecular complexity index is 1350. The van der Waals surface area contributed by atoms with E-state index in [1.807, 2.05) is 67.6 Å². The van der Waals surface area contributed by atoms with Gasteiger partial charge in [0.1, 0.15) is 18.1 Å². The molecule has 0 bridgehead atoms. The highest BCUT2D eigenvalue weighted by Gasteiger charge is 2.35. The van der Waals surface area contributed by atoms with Crippen LogP contribution in [0.3, 0.4) is 0 Å². The lowest BCUT2D eigenvalue weighted by atomic mass is 9.86. The van der Waals surface area contributed by atoms with Crippen LogP contribution in [0.4, 0.5) is 0 Å². The Hall–Kier alpha value is -3.86. The monoisotopic (exact) mass is 480 g/mol. The third-order valence-electron chi connectivity index (χ3n) is 7.02. The predicted octanol–water partition coefficient (Wildman–Crippen LogP) is 6.97. The first-order chi connectivity index (χ1) is 17.5. The third-order valence-corrected chi connectivity index (χ3v) is 7.02. The van der Waals surface area contributed by atoms with E-state index in [9.17, 15) is 4.79 Å². The van der Waals surface area contributed by atoms with E-state index < -0.39 is 5.60 Å². The number of carbonyl (C=O) groups excluding carboxylic acids is 1. The van der Waals surface area contributed by atoms with Crippen LogP contribution >= 0.6 is 0 Å². The Balaban J connectivity index is 1.58. The number of imidazole rings is 1. The molecule has 4 aromatic rings. The lowest BCUT2D eigenvalue weighted by Gasteiger charge is -2.32. The van der Waals surface area contributed by atoms with Crippen molar-refractivity contribution >= 4 is 5.78 Å². The number of ketones is 1. The average Bonchev–Trinajstić information content (AvgIpc) is 3.45. The summed E-state index contributed by atoms with van der Waals surface area (Å²) in [5, 5.41) is 0. The largest absolute Gasteiger partial charge is 0.488 e. The molecule has 0 aliphatic heterocycles. The van der Waals surface area contributed by atoms with Gasteiger partial charge in [0.05, 0.1) is 0 Å². The van der Waals surface area contributed by atoms with Gasteiger partial charge in [-0.05, 0) is 55.0 Å². The van der Waals surface area contributed by atoms with Crippen molar-refractivity contribution in [3.8, 4) is 11.5 Å². The molecule has 0 radical (unpaired) electrons. The molecule has 184 valence electrons. The van der Waals surface area contributed by atoms with Crippen LogP contribution in [0.5, 0.6) is 11.5 Å². The summed E-state index contributed by atoms with van der Waals surface area (Å²) in [7, 11) is 0. The van der Waals surface area contributed by atoms with Gasteiger partial charge in [0.15, 0.2) is 17.2 Å². The molecule has 3 aromatic carbocycles. The Labute approximate surface area is 212 Å². The standard InChI is InChI=1S/C31H32N2O3/c1-21(2)23-12-7-8-15-28(23)35-20-26-24-13-9-14-27(34)25(24)16-17-29(26)36-31(3,30-32-18-19-33-30)22-10-5-4-6-11-22/h4-8,10-12,15-19,21H,9,13-14,20H2,1-3H3,(H,32,33)/t31-/m0/s1. The highest BCUT2D eigenvalue weighted by Crippen LogP contribution is 2.39. The first-order valence-corrected chi connectivity index (χ1v) is 12.6. The zero-order valence-corrected chi connectivity index (χ0v) is 21.1. The lowest BCUT2D eigenvalue weighted by molar-refractivity contribution is 0.0970. The summed E-state index contributed by atoms with van der Waals surface area (Å²) in [6, 6.07) is 22.0. The van der Waals surface area contributed by atoms with Gasteiger partial charge in [0.25, 0.3) is 0 Å². The minimum atomic E-state index is -0.859. The fourth-order valence-corrected chi connectivity index (χ4v) is 5.02. The van der Waals surface area contributed by atoms with E-state index in [-0.39, 0.29) is 5.78 Å². The summed E-state index contributed by atoms with van der Waals surface area (Å²) in [6.45, 7) is 6.66. The first kappa shape index (κ1) is 23.9. The number of rotatable bonds is 8. The predicted molar refractivity (Wildman–Crippen MR) is 141 cm³/mol. The molecule has 5 nitrogen and oxygen atoms in total. The lowest BCUT2D eigenvalue weighted by Crippen LogP contribution is -2.33. The van der Waals surface area contributed by atoms with Crippen LogP contribution in [0, 0.1) is 0 Å². The second-order valence-corrected chi connectivity index (χ2v) is 9.77. The number of H-pyrrole nitrogens is 1. The maximum Gasteiger partial charge on any atom is 0.188 e. The number of hydrogen-bond acceptors (Lipinski definition) is 4. The van der Waals surface area contributed by atoms with Gasteiger partial charge >= 0.3 is 0 Å². The van der Waals surface area contributed by atoms with Crippen molar-refractivity contribution in [1.82, 2.24) is 9.97 Å². The third kappa shape index (κ3) is 4.53. The highest BCUT2D eigenvalue weighted by molar-refractivity contribution is 5.99. The number of nitrogens with one attached hydrogen (secondary N) is 1. The molecule has 1 aromatic heterocycles. The summed E-state index contributed by atoms with van der Waals surface area (Å²) in [4.78, 5) is 20.6. The summed E-state index contributed by atoms with van der Waals surface area (Å²) in [5.74, 6) is 2.79. The van der Waals surface area contributed by atoms with E-state index in [2.05, 4.69) is 29.9 Å². The molecule has 0 saturated heterocycles. The van der Waals surface area contributed by atoms with Gasteiger partial charge < -0.3 is 14.5 Å². The van der Waals surface area contributed by atoms with Gasteiger partial charge in [0.2, 0.25) is 0 Å². The van der Waals surface area contributed by atoms with Crippen molar-refractivity contribution in [2.45, 2.75) is 58.2 Å². The number of ether oxygens (including phenoxy) is 2. The molecule has 0 spiro atoms. The smallest absolute Gasteiger partial charge is 0.188 e. The number of aromatic nitrogens is 2. The molecule has 36 heavy (non-hydrogen) atoms. The van der Waals surface area contributed by atoms with Crippen LogP contribution < -0.4 is 9.47 Å². The SMILES string of the molecule is CC(C)c1ccccc1OCc1c(O[C@@](C)(c2ccccc2)c2ncc[nH]2)ccc2c1CCCC2=O. The molecule has 0 amide bonds. The molecule has 0 fully saturated rings. The van der Waals surface area contributed by atoms with E-state index in [4.69, 9.17) is 9.47 Å². The number of fused-ring (bicyclic) bond motifs is 1. The quantitative estimate of drug-likeness (QED) is 0.296.